The third kappa shape index (κ3) is 4.78. The largest absolute Gasteiger partial charge is 0.382 e. The van der Waals surface area contributed by atoms with Gasteiger partial charge in [0, 0.05) is 24.6 Å². The Balaban J connectivity index is 1.33. The van der Waals surface area contributed by atoms with Crippen molar-refractivity contribution in [3.05, 3.63) is 42.1 Å². The highest BCUT2D eigenvalue weighted by Crippen LogP contribution is 2.40. The predicted octanol–water partition coefficient (Wildman–Crippen LogP) is 5.36. The molecule has 2 fully saturated rings. The van der Waals surface area contributed by atoms with Crippen molar-refractivity contribution in [1.82, 2.24) is 14.5 Å². The van der Waals surface area contributed by atoms with Crippen LogP contribution in [0.15, 0.2) is 30.7 Å². The highest BCUT2D eigenvalue weighted by atomic mass is 19.1. The van der Waals surface area contributed by atoms with E-state index in [1.54, 1.807) is 18.6 Å². The number of halogens is 1. The number of nitrogens with one attached hydrogen (secondary N) is 1. The fourth-order valence-electron chi connectivity index (χ4n) is 5.35. The number of carbonyl (C=O) groups excluding carboxylic acids is 2. The quantitative estimate of drug-likeness (QED) is 0.463. The summed E-state index contributed by atoms with van der Waals surface area (Å²) in [6.07, 6.45) is 7.97. The molecule has 2 atom stereocenters. The SMILES string of the molecule is Cc1cnc(NC(=O)[C@H]2CCC[C@@H](CC(=O)C3(O)CC3)C2)cc1-c1cc(F)c2ncn(C(C)C)c2c1. The molecule has 1 amide bonds. The monoisotopic (exact) mass is 492 g/mol. The van der Waals surface area contributed by atoms with Gasteiger partial charge in [-0.1, -0.05) is 6.42 Å². The number of carbonyl (C=O) groups is 2. The first-order valence-corrected chi connectivity index (χ1v) is 12.8. The van der Waals surface area contributed by atoms with Crippen LogP contribution in [0.3, 0.4) is 0 Å². The molecule has 2 N–H and O–H groups in total. The lowest BCUT2D eigenvalue weighted by Crippen LogP contribution is -2.31. The number of aliphatic hydroxyl groups is 1. The van der Waals surface area contributed by atoms with Crippen molar-refractivity contribution < 1.29 is 19.1 Å². The van der Waals surface area contributed by atoms with E-state index >= 15 is 0 Å². The van der Waals surface area contributed by atoms with Crippen molar-refractivity contribution in [3.8, 4) is 11.1 Å². The summed E-state index contributed by atoms with van der Waals surface area (Å²) in [4.78, 5) is 34.0. The Bertz CT molecular complexity index is 1330. The average Bonchev–Trinajstić information content (AvgIpc) is 3.44. The van der Waals surface area contributed by atoms with E-state index in [0.717, 1.165) is 35.9 Å². The van der Waals surface area contributed by atoms with Gasteiger partial charge in [-0.2, -0.15) is 0 Å². The number of rotatable bonds is 7. The number of fused-ring (bicyclic) bond motifs is 1. The first kappa shape index (κ1) is 24.6. The second-order valence-corrected chi connectivity index (χ2v) is 10.8. The number of pyridine rings is 1. The number of benzene rings is 1. The standard InChI is InChI=1S/C28H33FN4O3/c1-16(2)33-15-31-26-22(29)11-20(12-23(26)33)21-13-25(30-14-17(21)3)32-27(35)19-6-4-5-18(9-19)10-24(34)28(36)7-8-28/h11-16,18-19,36H,4-10H2,1-3H3,(H,30,32,35)/t18-,19+/m1/s1. The first-order valence-electron chi connectivity index (χ1n) is 12.8. The molecule has 0 radical (unpaired) electrons. The van der Waals surface area contributed by atoms with Gasteiger partial charge in [-0.25, -0.2) is 14.4 Å². The van der Waals surface area contributed by atoms with Crippen LogP contribution >= 0.6 is 0 Å². The lowest BCUT2D eigenvalue weighted by molar-refractivity contribution is -0.131. The Morgan fingerprint density at radius 2 is 2.00 bits per heavy atom. The van der Waals surface area contributed by atoms with E-state index in [1.165, 1.54) is 6.07 Å². The van der Waals surface area contributed by atoms with E-state index in [9.17, 15) is 19.1 Å². The maximum atomic E-state index is 14.9. The summed E-state index contributed by atoms with van der Waals surface area (Å²) < 4.78 is 16.8. The molecule has 0 saturated heterocycles. The van der Waals surface area contributed by atoms with Crippen LogP contribution in [0, 0.1) is 24.6 Å². The molecule has 36 heavy (non-hydrogen) atoms. The fourth-order valence-corrected chi connectivity index (χ4v) is 5.35. The molecule has 190 valence electrons. The Hall–Kier alpha value is -3.13. The van der Waals surface area contributed by atoms with E-state index in [4.69, 9.17) is 0 Å². The summed E-state index contributed by atoms with van der Waals surface area (Å²) >= 11 is 0. The second kappa shape index (κ2) is 9.39. The molecule has 0 aliphatic heterocycles. The molecule has 2 aliphatic rings. The molecule has 3 aromatic rings. The second-order valence-electron chi connectivity index (χ2n) is 10.8. The van der Waals surface area contributed by atoms with Crippen LogP contribution < -0.4 is 5.32 Å². The average molecular weight is 493 g/mol. The van der Waals surface area contributed by atoms with Crippen molar-refractivity contribution in [3.63, 3.8) is 0 Å². The fraction of sp³-hybridized carbons (Fsp3) is 0.500. The summed E-state index contributed by atoms with van der Waals surface area (Å²) in [6, 6.07) is 5.33. The summed E-state index contributed by atoms with van der Waals surface area (Å²) in [5.74, 6) is -0.244. The van der Waals surface area contributed by atoms with Crippen molar-refractivity contribution in [2.24, 2.45) is 11.8 Å². The molecule has 8 heteroatoms. The molecule has 2 saturated carbocycles. The van der Waals surface area contributed by atoms with Gasteiger partial charge in [-0.05, 0) is 93.7 Å². The number of ketones is 1. The zero-order valence-electron chi connectivity index (χ0n) is 21.1. The normalized spacial score (nSPS) is 21.1. The molecule has 5 rings (SSSR count). The minimum Gasteiger partial charge on any atom is -0.382 e. The van der Waals surface area contributed by atoms with Gasteiger partial charge in [0.25, 0.3) is 0 Å². The number of nitrogens with zero attached hydrogens (tertiary/aromatic N) is 3. The third-order valence-corrected chi connectivity index (χ3v) is 7.72. The molecule has 2 aliphatic carbocycles. The highest BCUT2D eigenvalue weighted by molar-refractivity contribution is 5.93. The molecule has 7 nitrogen and oxygen atoms in total. The number of Topliss-reactive ketones (excluding diaryl/α,β-unsaturated/α-hetero) is 1. The zero-order chi connectivity index (χ0) is 25.6. The Labute approximate surface area is 210 Å². The van der Waals surface area contributed by atoms with Gasteiger partial charge in [0.2, 0.25) is 5.91 Å². The van der Waals surface area contributed by atoms with Crippen molar-refractivity contribution in [2.45, 2.75) is 77.4 Å². The van der Waals surface area contributed by atoms with Gasteiger partial charge in [0.15, 0.2) is 11.6 Å². The minimum absolute atomic E-state index is 0.0820. The van der Waals surface area contributed by atoms with Gasteiger partial charge in [0.05, 0.1) is 11.8 Å². The number of anilines is 1. The van der Waals surface area contributed by atoms with Crippen LogP contribution in [0.2, 0.25) is 0 Å². The van der Waals surface area contributed by atoms with Crippen molar-refractivity contribution in [1.29, 1.82) is 0 Å². The van der Waals surface area contributed by atoms with E-state index in [0.29, 0.717) is 42.6 Å². The molecule has 1 aromatic carbocycles. The van der Waals surface area contributed by atoms with Crippen molar-refractivity contribution in [2.75, 3.05) is 5.32 Å². The predicted molar refractivity (Wildman–Crippen MR) is 136 cm³/mol. The maximum absolute atomic E-state index is 14.9. The van der Waals surface area contributed by atoms with Gasteiger partial charge in [-0.3, -0.25) is 9.59 Å². The number of aromatic nitrogens is 3. The zero-order valence-corrected chi connectivity index (χ0v) is 21.1. The number of aryl methyl sites for hydroxylation is 1. The third-order valence-electron chi connectivity index (χ3n) is 7.72. The topological polar surface area (TPSA) is 97.1 Å². The Kier molecular flexibility index (Phi) is 6.41. The van der Waals surface area contributed by atoms with Gasteiger partial charge < -0.3 is 15.0 Å². The maximum Gasteiger partial charge on any atom is 0.228 e. The molecular weight excluding hydrogens is 459 g/mol. The van der Waals surface area contributed by atoms with Crippen LogP contribution in [-0.4, -0.2) is 36.9 Å². The first-order chi connectivity index (χ1) is 17.1. The number of imidazole rings is 1. The molecule has 2 aromatic heterocycles. The number of amides is 1. The van der Waals surface area contributed by atoms with Crippen LogP contribution in [0.1, 0.15) is 70.4 Å². The van der Waals surface area contributed by atoms with Gasteiger partial charge in [0.1, 0.15) is 16.9 Å². The summed E-state index contributed by atoms with van der Waals surface area (Å²) in [5, 5.41) is 13.0. The number of hydrogen-bond acceptors (Lipinski definition) is 5. The molecule has 0 spiro atoms. The smallest absolute Gasteiger partial charge is 0.228 e. The van der Waals surface area contributed by atoms with E-state index in [1.807, 2.05) is 31.4 Å². The summed E-state index contributed by atoms with van der Waals surface area (Å²) in [7, 11) is 0. The minimum atomic E-state index is -1.10. The van der Waals surface area contributed by atoms with Crippen molar-refractivity contribution >= 4 is 28.5 Å². The summed E-state index contributed by atoms with van der Waals surface area (Å²) in [6.45, 7) is 5.96. The Morgan fingerprint density at radius 1 is 1.22 bits per heavy atom. The molecule has 0 unspecified atom stereocenters. The van der Waals surface area contributed by atoms with E-state index in [2.05, 4.69) is 15.3 Å². The van der Waals surface area contributed by atoms with E-state index in [-0.39, 0.29) is 35.4 Å². The molecular formula is C28H33FN4O3. The van der Waals surface area contributed by atoms with Crippen LogP contribution in [-0.2, 0) is 9.59 Å². The van der Waals surface area contributed by atoms with E-state index < -0.39 is 5.60 Å². The van der Waals surface area contributed by atoms with Gasteiger partial charge >= 0.3 is 0 Å². The highest BCUT2D eigenvalue weighted by Gasteiger charge is 2.48. The molecule has 2 heterocycles. The summed E-state index contributed by atoms with van der Waals surface area (Å²) in [5.41, 5.74) is 2.32. The van der Waals surface area contributed by atoms with Gasteiger partial charge in [-0.15, -0.1) is 0 Å². The van der Waals surface area contributed by atoms with Crippen LogP contribution in [0.25, 0.3) is 22.2 Å². The Morgan fingerprint density at radius 3 is 2.72 bits per heavy atom. The number of hydrogen-bond donors (Lipinski definition) is 2. The van der Waals surface area contributed by atoms with Crippen LogP contribution in [0.4, 0.5) is 10.2 Å². The lowest BCUT2D eigenvalue weighted by atomic mass is 9.78. The lowest BCUT2D eigenvalue weighted by Gasteiger charge is -2.28. The molecule has 0 bridgehead atoms. The van der Waals surface area contributed by atoms with Crippen LogP contribution in [0.5, 0.6) is 0 Å².